The van der Waals surface area contributed by atoms with Crippen molar-refractivity contribution >= 4 is 11.9 Å². The second-order valence-electron chi connectivity index (χ2n) is 6.14. The molecule has 0 aliphatic carbocycles. The van der Waals surface area contributed by atoms with Gasteiger partial charge in [0, 0.05) is 19.5 Å². The van der Waals surface area contributed by atoms with Crippen LogP contribution in [0.3, 0.4) is 0 Å². The summed E-state index contributed by atoms with van der Waals surface area (Å²) in [4.78, 5) is 25.0. The van der Waals surface area contributed by atoms with Crippen LogP contribution in [0.4, 0.5) is 0 Å². The van der Waals surface area contributed by atoms with E-state index >= 15 is 0 Å². The molecule has 1 fully saturated rings. The molecule has 1 aliphatic rings. The molecule has 0 atom stereocenters. The lowest BCUT2D eigenvalue weighted by atomic mass is 9.82. The number of hydrogen-bond acceptors (Lipinski definition) is 2. The number of hydrogen-bond donors (Lipinski definition) is 1. The van der Waals surface area contributed by atoms with Gasteiger partial charge in [0.05, 0.1) is 5.41 Å². The van der Waals surface area contributed by atoms with Gasteiger partial charge in [-0.3, -0.25) is 9.59 Å². The van der Waals surface area contributed by atoms with E-state index in [0.717, 1.165) is 32.4 Å². The van der Waals surface area contributed by atoms with Gasteiger partial charge >= 0.3 is 5.97 Å². The normalized spacial score (nSPS) is 19.0. The second kappa shape index (κ2) is 5.29. The fourth-order valence-corrected chi connectivity index (χ4v) is 2.54. The van der Waals surface area contributed by atoms with E-state index in [9.17, 15) is 9.59 Å². The molecular weight excluding hydrogens is 230 g/mol. The number of carbonyl (C=O) groups is 2. The van der Waals surface area contributed by atoms with E-state index in [1.165, 1.54) is 0 Å². The van der Waals surface area contributed by atoms with Crippen LogP contribution in [0.5, 0.6) is 0 Å². The van der Waals surface area contributed by atoms with Crippen molar-refractivity contribution in [3.8, 4) is 0 Å². The summed E-state index contributed by atoms with van der Waals surface area (Å²) in [5, 5.41) is 9.06. The second-order valence-corrected chi connectivity index (χ2v) is 6.14. The van der Waals surface area contributed by atoms with E-state index in [-0.39, 0.29) is 17.7 Å². The third kappa shape index (κ3) is 3.03. The first-order valence-corrected chi connectivity index (χ1v) is 6.77. The number of carbonyl (C=O) groups excluding carboxylic acids is 1. The smallest absolute Gasteiger partial charge is 0.309 e. The van der Waals surface area contributed by atoms with E-state index < -0.39 is 11.4 Å². The maximum absolute atomic E-state index is 12.1. The van der Waals surface area contributed by atoms with Gasteiger partial charge in [-0.15, -0.1) is 0 Å². The summed E-state index contributed by atoms with van der Waals surface area (Å²) >= 11 is 0. The van der Waals surface area contributed by atoms with Crippen LogP contribution in [0.1, 0.15) is 53.4 Å². The van der Waals surface area contributed by atoms with Crippen LogP contribution in [0.25, 0.3) is 0 Å². The van der Waals surface area contributed by atoms with Gasteiger partial charge < -0.3 is 10.0 Å². The van der Waals surface area contributed by atoms with Crippen LogP contribution < -0.4 is 0 Å². The predicted octanol–water partition coefficient (Wildman–Crippen LogP) is 2.53. The number of carboxylic acid groups (broad SMARTS) is 1. The fourth-order valence-electron chi connectivity index (χ4n) is 2.54. The summed E-state index contributed by atoms with van der Waals surface area (Å²) in [5.74, 6) is -0.932. The van der Waals surface area contributed by atoms with Gasteiger partial charge in [0.25, 0.3) is 0 Å². The number of rotatable bonds is 5. The Kier molecular flexibility index (Phi) is 4.41. The van der Waals surface area contributed by atoms with Gasteiger partial charge in [0.15, 0.2) is 0 Å². The highest BCUT2D eigenvalue weighted by Gasteiger charge is 2.39. The number of aliphatic carboxylic acids is 1. The molecule has 4 nitrogen and oxygen atoms in total. The van der Waals surface area contributed by atoms with Crippen molar-refractivity contribution in [1.29, 1.82) is 0 Å². The molecule has 4 heteroatoms. The molecule has 0 aromatic heterocycles. The van der Waals surface area contributed by atoms with Gasteiger partial charge in [0.1, 0.15) is 0 Å². The van der Waals surface area contributed by atoms with Crippen LogP contribution in [0.15, 0.2) is 0 Å². The Morgan fingerprint density at radius 1 is 1.28 bits per heavy atom. The lowest BCUT2D eigenvalue weighted by Gasteiger charge is -2.27. The van der Waals surface area contributed by atoms with Crippen molar-refractivity contribution in [1.82, 2.24) is 4.90 Å². The summed E-state index contributed by atoms with van der Waals surface area (Å²) in [6, 6.07) is 0. The zero-order valence-electron chi connectivity index (χ0n) is 12.0. The van der Waals surface area contributed by atoms with Crippen LogP contribution in [-0.2, 0) is 9.59 Å². The third-order valence-corrected chi connectivity index (χ3v) is 4.46. The first kappa shape index (κ1) is 15.0. The van der Waals surface area contributed by atoms with E-state index in [1.54, 1.807) is 13.8 Å². The molecule has 1 N–H and O–H groups in total. The molecule has 1 rings (SSSR count). The Labute approximate surface area is 109 Å². The minimum atomic E-state index is -0.971. The number of amides is 1. The van der Waals surface area contributed by atoms with Gasteiger partial charge in [-0.2, -0.15) is 0 Å². The third-order valence-electron chi connectivity index (χ3n) is 4.46. The van der Waals surface area contributed by atoms with Crippen LogP contribution >= 0.6 is 0 Å². The molecule has 18 heavy (non-hydrogen) atoms. The monoisotopic (exact) mass is 255 g/mol. The Balaban J connectivity index is 2.63. The zero-order chi connectivity index (χ0) is 14.0. The predicted molar refractivity (Wildman–Crippen MR) is 70.2 cm³/mol. The summed E-state index contributed by atoms with van der Waals surface area (Å²) in [6.07, 6.45) is 3.29. The molecule has 0 aromatic carbocycles. The summed E-state index contributed by atoms with van der Waals surface area (Å²) in [5.41, 5.74) is -0.718. The highest BCUT2D eigenvalue weighted by Crippen LogP contribution is 2.37. The van der Waals surface area contributed by atoms with Crippen LogP contribution in [-0.4, -0.2) is 35.0 Å². The fraction of sp³-hybridized carbons (Fsp3) is 0.857. The van der Waals surface area contributed by atoms with Crippen LogP contribution in [0.2, 0.25) is 0 Å². The quantitative estimate of drug-likeness (QED) is 0.821. The van der Waals surface area contributed by atoms with Crippen molar-refractivity contribution in [2.75, 3.05) is 13.1 Å². The van der Waals surface area contributed by atoms with Gasteiger partial charge in [-0.25, -0.2) is 0 Å². The molecule has 0 radical (unpaired) electrons. The highest BCUT2D eigenvalue weighted by atomic mass is 16.4. The largest absolute Gasteiger partial charge is 0.481 e. The Morgan fingerprint density at radius 3 is 2.22 bits per heavy atom. The molecule has 1 heterocycles. The van der Waals surface area contributed by atoms with Crippen molar-refractivity contribution < 1.29 is 14.7 Å². The summed E-state index contributed by atoms with van der Waals surface area (Å²) in [7, 11) is 0. The van der Waals surface area contributed by atoms with Crippen molar-refractivity contribution in [3.05, 3.63) is 0 Å². The van der Waals surface area contributed by atoms with Gasteiger partial charge in [-0.05, 0) is 38.5 Å². The maximum atomic E-state index is 12.1. The van der Waals surface area contributed by atoms with E-state index in [4.69, 9.17) is 5.11 Å². The number of likely N-dealkylation sites (tertiary alicyclic amines) is 1. The lowest BCUT2D eigenvalue weighted by molar-refractivity contribution is -0.151. The minimum Gasteiger partial charge on any atom is -0.481 e. The molecule has 1 amide bonds. The molecule has 0 unspecified atom stereocenters. The Bertz CT molecular complexity index is 332. The average Bonchev–Trinajstić information content (AvgIpc) is 2.73. The molecule has 0 saturated carbocycles. The SMILES string of the molecule is CCC1(CC)CCN(C(=O)CC(C)(C)C(=O)O)C1. The number of nitrogens with zero attached hydrogens (tertiary/aromatic N) is 1. The number of carboxylic acids is 1. The highest BCUT2D eigenvalue weighted by molar-refractivity contribution is 5.84. The maximum Gasteiger partial charge on any atom is 0.309 e. The molecule has 0 spiro atoms. The standard InChI is InChI=1S/C14H25NO3/c1-5-14(6-2)7-8-15(10-14)11(16)9-13(3,4)12(17)18/h5-10H2,1-4H3,(H,17,18). The first-order chi connectivity index (χ1) is 8.26. The summed E-state index contributed by atoms with van der Waals surface area (Å²) < 4.78 is 0. The molecule has 104 valence electrons. The Morgan fingerprint density at radius 2 is 1.83 bits per heavy atom. The average molecular weight is 255 g/mol. The van der Waals surface area contributed by atoms with Crippen molar-refractivity contribution in [2.45, 2.75) is 53.4 Å². The van der Waals surface area contributed by atoms with E-state index in [1.807, 2.05) is 4.90 Å². The molecular formula is C14H25NO3. The van der Waals surface area contributed by atoms with E-state index in [0.29, 0.717) is 0 Å². The zero-order valence-corrected chi connectivity index (χ0v) is 12.0. The van der Waals surface area contributed by atoms with Crippen molar-refractivity contribution in [2.24, 2.45) is 10.8 Å². The minimum absolute atomic E-state index is 0.0221. The van der Waals surface area contributed by atoms with Crippen LogP contribution in [0, 0.1) is 10.8 Å². The Hall–Kier alpha value is -1.06. The van der Waals surface area contributed by atoms with E-state index in [2.05, 4.69) is 13.8 Å². The molecule has 1 saturated heterocycles. The topological polar surface area (TPSA) is 57.6 Å². The first-order valence-electron chi connectivity index (χ1n) is 6.77. The lowest BCUT2D eigenvalue weighted by Crippen LogP contribution is -2.37. The molecule has 1 aliphatic heterocycles. The van der Waals surface area contributed by atoms with Gasteiger partial charge in [0.2, 0.25) is 5.91 Å². The summed E-state index contributed by atoms with van der Waals surface area (Å²) in [6.45, 7) is 9.11. The molecule has 0 aromatic rings. The molecule has 0 bridgehead atoms. The van der Waals surface area contributed by atoms with Crippen molar-refractivity contribution in [3.63, 3.8) is 0 Å². The van der Waals surface area contributed by atoms with Gasteiger partial charge in [-0.1, -0.05) is 13.8 Å².